The van der Waals surface area contributed by atoms with Crippen LogP contribution < -0.4 is 16.3 Å². The van der Waals surface area contributed by atoms with E-state index in [9.17, 15) is 19.5 Å². The Morgan fingerprint density at radius 1 is 0.864 bits per heavy atom. The fourth-order valence-corrected chi connectivity index (χ4v) is 9.24. The number of aliphatic hydroxyl groups is 1. The highest BCUT2D eigenvalue weighted by Gasteiger charge is 2.31. The molecule has 1 atom stereocenters. The number of imide groups is 1. The molecule has 312 valence electrons. The predicted molar refractivity (Wildman–Crippen MR) is 227 cm³/mol. The molecule has 3 aromatic heterocycles. The van der Waals surface area contributed by atoms with Gasteiger partial charge in [0.1, 0.15) is 11.7 Å². The number of ether oxygens (including phenoxy) is 1. The third kappa shape index (κ3) is 8.86. The first-order valence-corrected chi connectivity index (χ1v) is 21.7. The molecule has 0 radical (unpaired) electrons. The van der Waals surface area contributed by atoms with Crippen molar-refractivity contribution in [1.29, 1.82) is 0 Å². The zero-order valence-corrected chi connectivity index (χ0v) is 34.2. The fraction of sp³-hybridized carbons (Fsp3) is 0.533. The van der Waals surface area contributed by atoms with Crippen LogP contribution in [0.4, 0.5) is 5.95 Å². The zero-order valence-electron chi connectivity index (χ0n) is 34.2. The van der Waals surface area contributed by atoms with E-state index >= 15 is 0 Å². The zero-order chi connectivity index (χ0) is 40.5. The second-order valence-corrected chi connectivity index (χ2v) is 17.1. The van der Waals surface area contributed by atoms with E-state index in [-0.39, 0.29) is 24.1 Å². The van der Waals surface area contributed by atoms with Crippen LogP contribution in [0.3, 0.4) is 0 Å². The number of hydrogen-bond acceptors (Lipinski definition) is 10. The van der Waals surface area contributed by atoms with Gasteiger partial charge in [0.25, 0.3) is 0 Å². The Morgan fingerprint density at radius 2 is 1.61 bits per heavy atom. The van der Waals surface area contributed by atoms with Gasteiger partial charge in [0.15, 0.2) is 0 Å². The smallest absolute Gasteiger partial charge is 0.329 e. The Bertz CT molecular complexity index is 2350. The summed E-state index contributed by atoms with van der Waals surface area (Å²) in [5.41, 5.74) is 7.03. The second kappa shape index (κ2) is 17.4. The van der Waals surface area contributed by atoms with E-state index in [1.807, 2.05) is 24.4 Å². The lowest BCUT2D eigenvalue weighted by Gasteiger charge is -2.34. The Morgan fingerprint density at radius 3 is 2.37 bits per heavy atom. The highest BCUT2D eigenvalue weighted by molar-refractivity contribution is 6.00. The summed E-state index contributed by atoms with van der Waals surface area (Å²) in [6.07, 6.45) is 13.3. The molecule has 14 heteroatoms. The number of benzene rings is 2. The molecule has 9 rings (SSSR count). The molecule has 2 aliphatic heterocycles. The van der Waals surface area contributed by atoms with Gasteiger partial charge >= 0.3 is 5.69 Å². The largest absolute Gasteiger partial charge is 0.393 e. The number of fused-ring (bicyclic) bond motifs is 2. The van der Waals surface area contributed by atoms with Crippen LogP contribution >= 0.6 is 0 Å². The minimum absolute atomic E-state index is 0.194. The summed E-state index contributed by atoms with van der Waals surface area (Å²) in [6, 6.07) is 15.1. The molecule has 2 saturated heterocycles. The van der Waals surface area contributed by atoms with E-state index in [4.69, 9.17) is 14.7 Å². The van der Waals surface area contributed by atoms with E-state index in [2.05, 4.69) is 55.5 Å². The maximum absolute atomic E-state index is 13.1. The molecule has 5 heterocycles. The lowest BCUT2D eigenvalue weighted by Crippen LogP contribution is -2.46. The van der Waals surface area contributed by atoms with Crippen molar-refractivity contribution in [3.8, 4) is 11.1 Å². The maximum atomic E-state index is 13.1. The van der Waals surface area contributed by atoms with Crippen LogP contribution in [0.1, 0.15) is 87.4 Å². The summed E-state index contributed by atoms with van der Waals surface area (Å²) in [7, 11) is 1.73. The number of piperazine rings is 1. The van der Waals surface area contributed by atoms with Crippen molar-refractivity contribution < 1.29 is 19.4 Å². The lowest BCUT2D eigenvalue weighted by molar-refractivity contribution is -0.135. The number of carbonyl (C=O) groups excluding carboxylic acids is 2. The van der Waals surface area contributed by atoms with Gasteiger partial charge in [0.2, 0.25) is 17.8 Å². The first kappa shape index (κ1) is 39.6. The number of hydrogen-bond donors (Lipinski definition) is 3. The summed E-state index contributed by atoms with van der Waals surface area (Å²) in [4.78, 5) is 52.0. The summed E-state index contributed by atoms with van der Waals surface area (Å²) >= 11 is 0. The molecule has 2 aromatic carbocycles. The molecule has 2 aliphatic carbocycles. The fourth-order valence-electron chi connectivity index (χ4n) is 9.24. The molecule has 4 fully saturated rings. The van der Waals surface area contributed by atoms with Crippen molar-refractivity contribution in [2.45, 2.75) is 101 Å². The van der Waals surface area contributed by atoms with Crippen molar-refractivity contribution >= 4 is 39.8 Å². The lowest BCUT2D eigenvalue weighted by atomic mass is 9.93. The minimum Gasteiger partial charge on any atom is -0.393 e. The van der Waals surface area contributed by atoms with Crippen LogP contribution in [-0.4, -0.2) is 108 Å². The van der Waals surface area contributed by atoms with Crippen molar-refractivity contribution in [3.63, 3.8) is 0 Å². The molecule has 14 nitrogen and oxygen atoms in total. The van der Waals surface area contributed by atoms with Crippen LogP contribution in [-0.2, 0) is 34.3 Å². The highest BCUT2D eigenvalue weighted by atomic mass is 16.5. The number of aromatic nitrogens is 5. The predicted octanol–water partition coefficient (Wildman–Crippen LogP) is 4.94. The maximum Gasteiger partial charge on any atom is 0.329 e. The van der Waals surface area contributed by atoms with Crippen LogP contribution in [0.2, 0.25) is 0 Å². The molecule has 4 aliphatic rings. The minimum atomic E-state index is -0.674. The Kier molecular flexibility index (Phi) is 11.7. The topological polar surface area (TPSA) is 152 Å². The van der Waals surface area contributed by atoms with Gasteiger partial charge in [-0.3, -0.25) is 28.9 Å². The van der Waals surface area contributed by atoms with Crippen molar-refractivity contribution in [2.24, 2.45) is 7.05 Å². The van der Waals surface area contributed by atoms with Gasteiger partial charge in [-0.05, 0) is 93.0 Å². The van der Waals surface area contributed by atoms with Gasteiger partial charge in [-0.15, -0.1) is 0 Å². The van der Waals surface area contributed by atoms with Crippen LogP contribution in [0.15, 0.2) is 59.7 Å². The van der Waals surface area contributed by atoms with Gasteiger partial charge in [-0.25, -0.2) is 9.78 Å². The van der Waals surface area contributed by atoms with Crippen LogP contribution in [0, 0.1) is 0 Å². The SMILES string of the molecule is Cn1c(=O)n(C2CCC(=O)NC2=O)c2ccc(CCCOCCCN3CCN(Cc4ccc(-c5cn(C6CCC(O)CC6)c6nc(NC7CC7)ncc56)cc4)CC3)cc21. The summed E-state index contributed by atoms with van der Waals surface area (Å²) < 4.78 is 11.5. The average Bonchev–Trinajstić information content (AvgIpc) is 3.93. The number of amides is 2. The molecular formula is C45H57N9O5. The number of piperidine rings is 1. The molecule has 5 aromatic rings. The van der Waals surface area contributed by atoms with Crippen molar-refractivity contribution in [2.75, 3.05) is 51.3 Å². The Balaban J connectivity index is 0.708. The van der Waals surface area contributed by atoms with Gasteiger partial charge in [0.05, 0.1) is 17.1 Å². The van der Waals surface area contributed by atoms with E-state index in [0.717, 1.165) is 113 Å². The Labute approximate surface area is 344 Å². The molecular weight excluding hydrogens is 747 g/mol. The normalized spacial score (nSPS) is 22.0. The Hall–Kier alpha value is -4.89. The first-order chi connectivity index (χ1) is 28.8. The van der Waals surface area contributed by atoms with Gasteiger partial charge in [-0.1, -0.05) is 30.3 Å². The monoisotopic (exact) mass is 803 g/mol. The highest BCUT2D eigenvalue weighted by Crippen LogP contribution is 2.37. The third-order valence-corrected chi connectivity index (χ3v) is 12.9. The summed E-state index contributed by atoms with van der Waals surface area (Å²) in [6.45, 7) is 7.61. The van der Waals surface area contributed by atoms with Crippen LogP contribution in [0.25, 0.3) is 33.2 Å². The van der Waals surface area contributed by atoms with E-state index in [0.29, 0.717) is 36.6 Å². The number of aryl methyl sites for hydroxylation is 2. The number of nitrogens with one attached hydrogen (secondary N) is 2. The van der Waals surface area contributed by atoms with Crippen molar-refractivity contribution in [1.82, 2.24) is 38.8 Å². The number of nitrogens with zero attached hydrogens (tertiary/aromatic N) is 7. The number of anilines is 1. The first-order valence-electron chi connectivity index (χ1n) is 21.7. The van der Waals surface area contributed by atoms with Crippen LogP contribution in [0.5, 0.6) is 0 Å². The molecule has 1 unspecified atom stereocenters. The number of aliphatic hydroxyl groups excluding tert-OH is 1. The summed E-state index contributed by atoms with van der Waals surface area (Å²) in [5, 5.41) is 17.1. The van der Waals surface area contributed by atoms with Gasteiger partial charge < -0.3 is 24.6 Å². The molecule has 0 spiro atoms. The van der Waals surface area contributed by atoms with Gasteiger partial charge in [0, 0.05) is 101 Å². The van der Waals surface area contributed by atoms with Gasteiger partial charge in [-0.2, -0.15) is 4.98 Å². The molecule has 0 bridgehead atoms. The molecule has 3 N–H and O–H groups in total. The third-order valence-electron chi connectivity index (χ3n) is 12.9. The van der Waals surface area contributed by atoms with E-state index in [1.165, 1.54) is 34.1 Å². The van der Waals surface area contributed by atoms with E-state index in [1.54, 1.807) is 11.6 Å². The second-order valence-electron chi connectivity index (χ2n) is 17.1. The van der Waals surface area contributed by atoms with Crippen molar-refractivity contribution in [3.05, 3.63) is 76.5 Å². The summed E-state index contributed by atoms with van der Waals surface area (Å²) in [5.74, 6) is 0.00184. The quantitative estimate of drug-likeness (QED) is 0.0982. The standard InChI is InChI=1S/C45H57N9O5/c1-50-40-26-30(7-16-38(40)54(45(50)58)39-17-18-41(56)48-43(39)57)4-2-24-59-25-3-19-51-20-22-52(23-21-51)28-31-5-8-32(9-6-31)37-29-53(34-12-14-35(55)15-13-34)42-36(37)27-46-44(49-42)47-33-10-11-33/h5-9,16,26-27,29,33-35,39,55H,2-4,10-15,17-25,28H2,1H3,(H,46,47,49)(H,48,56,57). The molecule has 2 amide bonds. The molecule has 59 heavy (non-hydrogen) atoms. The average molecular weight is 804 g/mol. The number of imidazole rings is 1. The molecule has 2 saturated carbocycles. The van der Waals surface area contributed by atoms with E-state index < -0.39 is 11.9 Å². The number of carbonyl (C=O) groups is 2. The number of rotatable bonds is 15.